The predicted octanol–water partition coefficient (Wildman–Crippen LogP) is 3.10. The Morgan fingerprint density at radius 2 is 1.63 bits per heavy atom. The molecule has 4 heterocycles. The highest BCUT2D eigenvalue weighted by atomic mass is 15.2. The van der Waals surface area contributed by atoms with Gasteiger partial charge < -0.3 is 15.2 Å². The largest absolute Gasteiger partial charge is 0.353 e. The molecule has 27 heavy (non-hydrogen) atoms. The van der Waals surface area contributed by atoms with Crippen molar-refractivity contribution in [2.24, 2.45) is 0 Å². The summed E-state index contributed by atoms with van der Waals surface area (Å²) in [6.45, 7) is 3.81. The molecule has 4 aromatic rings. The fourth-order valence-electron chi connectivity index (χ4n) is 3.51. The molecular weight excluding hydrogens is 336 g/mol. The van der Waals surface area contributed by atoms with Gasteiger partial charge in [0.15, 0.2) is 5.82 Å². The van der Waals surface area contributed by atoms with Crippen LogP contribution >= 0.6 is 0 Å². The van der Waals surface area contributed by atoms with Crippen LogP contribution in [-0.4, -0.2) is 46.1 Å². The molecule has 1 aromatic carbocycles. The van der Waals surface area contributed by atoms with Crippen molar-refractivity contribution in [2.75, 3.05) is 31.1 Å². The number of fused-ring (bicyclic) bond motifs is 1. The quantitative estimate of drug-likeness (QED) is 0.590. The van der Waals surface area contributed by atoms with Gasteiger partial charge in [-0.25, -0.2) is 9.97 Å². The number of pyridine rings is 1. The van der Waals surface area contributed by atoms with Crippen molar-refractivity contribution < 1.29 is 0 Å². The van der Waals surface area contributed by atoms with Gasteiger partial charge in [0.25, 0.3) is 0 Å². The number of anilines is 1. The molecule has 6 nitrogen and oxygen atoms in total. The minimum atomic E-state index is 0.722. The molecular formula is C21H20N6. The minimum absolute atomic E-state index is 0.722. The van der Waals surface area contributed by atoms with Gasteiger partial charge in [-0.2, -0.15) is 0 Å². The Morgan fingerprint density at radius 3 is 2.41 bits per heavy atom. The summed E-state index contributed by atoms with van der Waals surface area (Å²) in [4.78, 5) is 19.7. The van der Waals surface area contributed by atoms with E-state index in [2.05, 4.69) is 38.4 Å². The van der Waals surface area contributed by atoms with Crippen LogP contribution < -0.4 is 10.2 Å². The summed E-state index contributed by atoms with van der Waals surface area (Å²) in [6.07, 6.45) is 3.55. The van der Waals surface area contributed by atoms with E-state index in [-0.39, 0.29) is 0 Å². The zero-order valence-electron chi connectivity index (χ0n) is 14.9. The van der Waals surface area contributed by atoms with Crippen LogP contribution in [-0.2, 0) is 0 Å². The first kappa shape index (κ1) is 16.0. The minimum Gasteiger partial charge on any atom is -0.353 e. The third kappa shape index (κ3) is 3.04. The highest BCUT2D eigenvalue weighted by molar-refractivity contribution is 5.93. The van der Waals surface area contributed by atoms with E-state index in [0.29, 0.717) is 0 Å². The van der Waals surface area contributed by atoms with Crippen molar-refractivity contribution in [3.8, 4) is 22.6 Å². The first-order valence-corrected chi connectivity index (χ1v) is 9.21. The lowest BCUT2D eigenvalue weighted by atomic mass is 10.1. The lowest BCUT2D eigenvalue weighted by molar-refractivity contribution is 0.586. The zero-order valence-corrected chi connectivity index (χ0v) is 14.9. The summed E-state index contributed by atoms with van der Waals surface area (Å²) >= 11 is 0. The Labute approximate surface area is 157 Å². The number of aromatic amines is 1. The van der Waals surface area contributed by atoms with Gasteiger partial charge in [0, 0.05) is 49.8 Å². The third-order valence-corrected chi connectivity index (χ3v) is 4.91. The normalized spacial score (nSPS) is 14.6. The number of hydrogen-bond donors (Lipinski definition) is 2. The molecule has 1 saturated heterocycles. The van der Waals surface area contributed by atoms with Crippen molar-refractivity contribution in [3.05, 3.63) is 60.9 Å². The molecule has 0 aliphatic carbocycles. The van der Waals surface area contributed by atoms with Crippen molar-refractivity contribution >= 4 is 16.9 Å². The molecule has 0 atom stereocenters. The Balaban J connectivity index is 1.69. The molecule has 0 spiro atoms. The monoisotopic (exact) mass is 356 g/mol. The SMILES string of the molecule is c1ccc(-c2cc3c(N4CCNCC4)nc(-c4ccncc4)nc3[nH]2)cc1. The second kappa shape index (κ2) is 6.81. The smallest absolute Gasteiger partial charge is 0.164 e. The summed E-state index contributed by atoms with van der Waals surface area (Å²) in [5.74, 6) is 1.71. The van der Waals surface area contributed by atoms with E-state index in [9.17, 15) is 0 Å². The summed E-state index contributed by atoms with van der Waals surface area (Å²) in [5, 5.41) is 4.47. The Bertz CT molecular complexity index is 1050. The molecule has 134 valence electrons. The van der Waals surface area contributed by atoms with Gasteiger partial charge in [-0.3, -0.25) is 4.98 Å². The topological polar surface area (TPSA) is 69.7 Å². The van der Waals surface area contributed by atoms with Gasteiger partial charge in [0.2, 0.25) is 0 Å². The Kier molecular flexibility index (Phi) is 4.03. The highest BCUT2D eigenvalue weighted by Crippen LogP contribution is 2.31. The van der Waals surface area contributed by atoms with Crippen LogP contribution in [0.1, 0.15) is 0 Å². The molecule has 0 bridgehead atoms. The fraction of sp³-hybridized carbons (Fsp3) is 0.190. The highest BCUT2D eigenvalue weighted by Gasteiger charge is 2.19. The number of nitrogens with zero attached hydrogens (tertiary/aromatic N) is 4. The van der Waals surface area contributed by atoms with E-state index in [1.54, 1.807) is 12.4 Å². The number of aromatic nitrogens is 4. The van der Waals surface area contributed by atoms with Crippen molar-refractivity contribution in [2.45, 2.75) is 0 Å². The third-order valence-electron chi connectivity index (χ3n) is 4.91. The maximum absolute atomic E-state index is 4.94. The number of rotatable bonds is 3. The molecule has 1 aliphatic rings. The molecule has 5 rings (SSSR count). The van der Waals surface area contributed by atoms with E-state index in [0.717, 1.165) is 65.7 Å². The van der Waals surface area contributed by atoms with Crippen LogP contribution in [0.2, 0.25) is 0 Å². The number of benzene rings is 1. The van der Waals surface area contributed by atoms with Crippen LogP contribution in [0.15, 0.2) is 60.9 Å². The molecule has 6 heteroatoms. The molecule has 3 aromatic heterocycles. The second-order valence-electron chi connectivity index (χ2n) is 6.66. The maximum Gasteiger partial charge on any atom is 0.164 e. The van der Waals surface area contributed by atoms with E-state index >= 15 is 0 Å². The first-order valence-electron chi connectivity index (χ1n) is 9.21. The second-order valence-corrected chi connectivity index (χ2v) is 6.66. The van der Waals surface area contributed by atoms with Crippen molar-refractivity contribution in [1.82, 2.24) is 25.3 Å². The maximum atomic E-state index is 4.94. The molecule has 0 saturated carbocycles. The molecule has 0 radical (unpaired) electrons. The molecule has 0 unspecified atom stereocenters. The number of H-pyrrole nitrogens is 1. The Hall–Kier alpha value is -3.25. The van der Waals surface area contributed by atoms with Crippen LogP contribution in [0.5, 0.6) is 0 Å². The molecule has 0 amide bonds. The van der Waals surface area contributed by atoms with E-state index in [4.69, 9.17) is 9.97 Å². The average molecular weight is 356 g/mol. The van der Waals surface area contributed by atoms with Crippen LogP contribution in [0.3, 0.4) is 0 Å². The van der Waals surface area contributed by atoms with Crippen LogP contribution in [0.4, 0.5) is 5.82 Å². The summed E-state index contributed by atoms with van der Waals surface area (Å²) in [7, 11) is 0. The van der Waals surface area contributed by atoms with Gasteiger partial charge in [-0.05, 0) is 23.8 Å². The lowest BCUT2D eigenvalue weighted by Gasteiger charge is -2.29. The molecule has 1 fully saturated rings. The number of nitrogens with one attached hydrogen (secondary N) is 2. The van der Waals surface area contributed by atoms with E-state index in [1.807, 2.05) is 30.3 Å². The van der Waals surface area contributed by atoms with E-state index in [1.165, 1.54) is 0 Å². The van der Waals surface area contributed by atoms with Gasteiger partial charge in [0.05, 0.1) is 5.39 Å². The first-order chi connectivity index (χ1) is 13.4. The van der Waals surface area contributed by atoms with Gasteiger partial charge in [-0.1, -0.05) is 30.3 Å². The summed E-state index contributed by atoms with van der Waals surface area (Å²) < 4.78 is 0. The van der Waals surface area contributed by atoms with Gasteiger partial charge >= 0.3 is 0 Å². The molecule has 2 N–H and O–H groups in total. The summed E-state index contributed by atoms with van der Waals surface area (Å²) in [6, 6.07) is 16.4. The average Bonchev–Trinajstić information content (AvgIpc) is 3.19. The molecule has 1 aliphatic heterocycles. The number of hydrogen-bond acceptors (Lipinski definition) is 5. The Morgan fingerprint density at radius 1 is 0.852 bits per heavy atom. The predicted molar refractivity (Wildman–Crippen MR) is 108 cm³/mol. The number of piperazine rings is 1. The van der Waals surface area contributed by atoms with Gasteiger partial charge in [-0.15, -0.1) is 0 Å². The fourth-order valence-corrected chi connectivity index (χ4v) is 3.51. The van der Waals surface area contributed by atoms with Gasteiger partial charge in [0.1, 0.15) is 11.5 Å². The van der Waals surface area contributed by atoms with E-state index < -0.39 is 0 Å². The van der Waals surface area contributed by atoms with Crippen LogP contribution in [0.25, 0.3) is 33.7 Å². The summed E-state index contributed by atoms with van der Waals surface area (Å²) in [5.41, 5.74) is 4.04. The standard InChI is InChI=1S/C21H20N6/c1-2-4-15(5-3-1)18-14-17-20(24-18)25-19(16-6-8-22-9-7-16)26-21(17)27-12-10-23-11-13-27/h1-9,14,23H,10-13H2,(H,24,25,26). The van der Waals surface area contributed by atoms with Crippen LogP contribution in [0, 0.1) is 0 Å². The van der Waals surface area contributed by atoms with Crippen molar-refractivity contribution in [1.29, 1.82) is 0 Å². The zero-order chi connectivity index (χ0) is 18.1. The van der Waals surface area contributed by atoms with Crippen molar-refractivity contribution in [3.63, 3.8) is 0 Å². The lowest BCUT2D eigenvalue weighted by Crippen LogP contribution is -2.44.